The van der Waals surface area contributed by atoms with Crippen molar-refractivity contribution in [1.82, 2.24) is 10.0 Å². The average Bonchev–Trinajstić information content (AvgIpc) is 2.26. The Balaban J connectivity index is 2.46. The van der Waals surface area contributed by atoms with Gasteiger partial charge in [-0.05, 0) is 39.7 Å². The van der Waals surface area contributed by atoms with Crippen LogP contribution in [0.25, 0.3) is 0 Å². The number of primary amides is 1. The Labute approximate surface area is 109 Å². The molecule has 0 aromatic heterocycles. The van der Waals surface area contributed by atoms with Crippen molar-refractivity contribution in [2.24, 2.45) is 5.73 Å². The highest BCUT2D eigenvalue weighted by Gasteiger charge is 2.30. The highest BCUT2D eigenvalue weighted by Crippen LogP contribution is 2.12. The molecule has 6 nitrogen and oxygen atoms in total. The van der Waals surface area contributed by atoms with E-state index in [1.807, 2.05) is 0 Å². The quantitative estimate of drug-likeness (QED) is 0.620. The minimum atomic E-state index is -3.47. The number of sulfonamides is 1. The normalized spacial score (nSPS) is 21.8. The molecule has 1 aliphatic rings. The van der Waals surface area contributed by atoms with Gasteiger partial charge in [0.15, 0.2) is 0 Å². The summed E-state index contributed by atoms with van der Waals surface area (Å²) >= 11 is 0. The summed E-state index contributed by atoms with van der Waals surface area (Å²) in [6, 6.07) is 0.256. The lowest BCUT2D eigenvalue weighted by molar-refractivity contribution is -0.122. The van der Waals surface area contributed by atoms with E-state index in [9.17, 15) is 13.2 Å². The van der Waals surface area contributed by atoms with E-state index in [-0.39, 0.29) is 11.8 Å². The Morgan fingerprint density at radius 1 is 1.44 bits per heavy atom. The van der Waals surface area contributed by atoms with Gasteiger partial charge in [0.05, 0.1) is 5.75 Å². The smallest absolute Gasteiger partial charge is 0.238 e. The summed E-state index contributed by atoms with van der Waals surface area (Å²) in [7, 11) is -3.47. The van der Waals surface area contributed by atoms with Crippen molar-refractivity contribution in [3.05, 3.63) is 0 Å². The van der Waals surface area contributed by atoms with Crippen LogP contribution in [0, 0.1) is 0 Å². The Bertz CT molecular complexity index is 386. The van der Waals surface area contributed by atoms with E-state index in [4.69, 9.17) is 5.73 Å². The number of hydrogen-bond acceptors (Lipinski definition) is 4. The zero-order chi connectivity index (χ0) is 13.8. The average molecular weight is 277 g/mol. The number of carbonyl (C=O) groups is 1. The molecule has 1 fully saturated rings. The highest BCUT2D eigenvalue weighted by atomic mass is 32.2. The van der Waals surface area contributed by atoms with Crippen molar-refractivity contribution in [2.45, 2.75) is 51.1 Å². The summed E-state index contributed by atoms with van der Waals surface area (Å²) in [5.41, 5.74) is 3.90. The minimum absolute atomic E-state index is 0.0153. The second kappa shape index (κ2) is 5.99. The van der Waals surface area contributed by atoms with Crippen LogP contribution in [-0.2, 0) is 14.8 Å². The van der Waals surface area contributed by atoms with Crippen LogP contribution >= 0.6 is 0 Å². The molecular weight excluding hydrogens is 254 g/mol. The number of hydrogen-bond donors (Lipinski definition) is 3. The Morgan fingerprint density at radius 2 is 2.11 bits per heavy atom. The molecule has 0 aromatic carbocycles. The number of nitrogens with two attached hydrogens (primary N) is 1. The van der Waals surface area contributed by atoms with Gasteiger partial charge in [-0.1, -0.05) is 6.42 Å². The summed E-state index contributed by atoms with van der Waals surface area (Å²) < 4.78 is 26.0. The molecule has 0 bridgehead atoms. The zero-order valence-electron chi connectivity index (χ0n) is 11.0. The molecule has 1 atom stereocenters. The van der Waals surface area contributed by atoms with Gasteiger partial charge in [0.2, 0.25) is 15.9 Å². The lowest BCUT2D eigenvalue weighted by Crippen LogP contribution is -2.53. The lowest BCUT2D eigenvalue weighted by Gasteiger charge is -2.25. The molecular formula is C11H23N3O3S. The van der Waals surface area contributed by atoms with Crippen LogP contribution < -0.4 is 15.8 Å². The molecule has 1 saturated heterocycles. The monoisotopic (exact) mass is 277 g/mol. The molecule has 0 spiro atoms. The zero-order valence-corrected chi connectivity index (χ0v) is 11.8. The molecule has 0 aromatic rings. The van der Waals surface area contributed by atoms with E-state index in [1.54, 1.807) is 0 Å². The standard InChI is InChI=1S/C11H23N3O3S/c1-11(2,10(12)15)14-18(16,17)8-6-9-5-3-4-7-13-9/h9,13-14H,3-8H2,1-2H3,(H2,12,15). The van der Waals surface area contributed by atoms with Gasteiger partial charge in [0, 0.05) is 6.04 Å². The van der Waals surface area contributed by atoms with Gasteiger partial charge in [-0.15, -0.1) is 0 Å². The second-order valence-electron chi connectivity index (χ2n) is 5.35. The summed E-state index contributed by atoms with van der Waals surface area (Å²) in [5.74, 6) is -0.664. The van der Waals surface area contributed by atoms with Gasteiger partial charge < -0.3 is 11.1 Å². The molecule has 1 aliphatic heterocycles. The van der Waals surface area contributed by atoms with Crippen LogP contribution in [0.4, 0.5) is 0 Å². The third-order valence-electron chi connectivity index (χ3n) is 3.17. The van der Waals surface area contributed by atoms with Crippen LogP contribution in [-0.4, -0.2) is 38.2 Å². The number of rotatable bonds is 6. The SMILES string of the molecule is CC(C)(NS(=O)(=O)CCC1CCCCN1)C(N)=O. The first kappa shape index (κ1) is 15.4. The maximum atomic E-state index is 11.8. The first-order chi connectivity index (χ1) is 8.23. The first-order valence-corrected chi connectivity index (χ1v) is 7.93. The molecule has 0 saturated carbocycles. The van der Waals surface area contributed by atoms with Crippen molar-refractivity contribution in [3.63, 3.8) is 0 Å². The molecule has 18 heavy (non-hydrogen) atoms. The van der Waals surface area contributed by atoms with Crippen LogP contribution in [0.5, 0.6) is 0 Å². The summed E-state index contributed by atoms with van der Waals surface area (Å²) in [6.07, 6.45) is 3.85. The highest BCUT2D eigenvalue weighted by molar-refractivity contribution is 7.89. The maximum Gasteiger partial charge on any atom is 0.238 e. The fraction of sp³-hybridized carbons (Fsp3) is 0.909. The molecule has 1 heterocycles. The van der Waals surface area contributed by atoms with Crippen LogP contribution in [0.1, 0.15) is 39.5 Å². The molecule has 106 valence electrons. The minimum Gasteiger partial charge on any atom is -0.368 e. The van der Waals surface area contributed by atoms with E-state index in [1.165, 1.54) is 13.8 Å². The van der Waals surface area contributed by atoms with Gasteiger partial charge in [-0.2, -0.15) is 0 Å². The predicted molar refractivity (Wildman–Crippen MR) is 70.5 cm³/mol. The van der Waals surface area contributed by atoms with Crippen LogP contribution in [0.15, 0.2) is 0 Å². The molecule has 1 unspecified atom stereocenters. The van der Waals surface area contributed by atoms with Crippen LogP contribution in [0.3, 0.4) is 0 Å². The number of piperidine rings is 1. The maximum absolute atomic E-state index is 11.8. The van der Waals surface area contributed by atoms with Gasteiger partial charge in [0.1, 0.15) is 5.54 Å². The van der Waals surface area contributed by atoms with Gasteiger partial charge >= 0.3 is 0 Å². The van der Waals surface area contributed by atoms with Crippen LogP contribution in [0.2, 0.25) is 0 Å². The fourth-order valence-corrected chi connectivity index (χ4v) is 3.53. The Kier molecular flexibility index (Phi) is 5.12. The molecule has 0 aliphatic carbocycles. The van der Waals surface area contributed by atoms with E-state index in [2.05, 4.69) is 10.0 Å². The van der Waals surface area contributed by atoms with E-state index < -0.39 is 21.5 Å². The van der Waals surface area contributed by atoms with Crippen molar-refractivity contribution in [2.75, 3.05) is 12.3 Å². The lowest BCUT2D eigenvalue weighted by atomic mass is 10.0. The molecule has 7 heteroatoms. The molecule has 0 radical (unpaired) electrons. The summed E-state index contributed by atoms with van der Waals surface area (Å²) in [6.45, 7) is 3.88. The van der Waals surface area contributed by atoms with Crippen molar-refractivity contribution < 1.29 is 13.2 Å². The van der Waals surface area contributed by atoms with Crippen molar-refractivity contribution >= 4 is 15.9 Å². The third-order valence-corrected chi connectivity index (χ3v) is 4.77. The number of carbonyl (C=O) groups excluding carboxylic acids is 1. The first-order valence-electron chi connectivity index (χ1n) is 6.28. The molecule has 4 N–H and O–H groups in total. The Hall–Kier alpha value is -0.660. The summed E-state index contributed by atoms with van der Waals surface area (Å²) in [5, 5.41) is 3.29. The van der Waals surface area contributed by atoms with E-state index >= 15 is 0 Å². The summed E-state index contributed by atoms with van der Waals surface area (Å²) in [4.78, 5) is 11.1. The van der Waals surface area contributed by atoms with Crippen molar-refractivity contribution in [3.8, 4) is 0 Å². The van der Waals surface area contributed by atoms with Crippen molar-refractivity contribution in [1.29, 1.82) is 0 Å². The van der Waals surface area contributed by atoms with Gasteiger partial charge in [-0.25, -0.2) is 13.1 Å². The van der Waals surface area contributed by atoms with Gasteiger partial charge in [0.25, 0.3) is 0 Å². The topological polar surface area (TPSA) is 101 Å². The number of nitrogens with one attached hydrogen (secondary N) is 2. The van der Waals surface area contributed by atoms with E-state index in [0.29, 0.717) is 6.42 Å². The largest absolute Gasteiger partial charge is 0.368 e. The molecule has 1 amide bonds. The second-order valence-corrected chi connectivity index (χ2v) is 7.19. The number of amides is 1. The predicted octanol–water partition coefficient (Wildman–Crippen LogP) is -0.298. The van der Waals surface area contributed by atoms with E-state index in [0.717, 1.165) is 25.8 Å². The van der Waals surface area contributed by atoms with Gasteiger partial charge in [-0.3, -0.25) is 4.79 Å². The fourth-order valence-electron chi connectivity index (χ4n) is 1.96. The molecule has 1 rings (SSSR count). The Morgan fingerprint density at radius 3 is 2.61 bits per heavy atom. The third kappa shape index (κ3) is 4.91.